The Labute approximate surface area is 78.3 Å². The summed E-state index contributed by atoms with van der Waals surface area (Å²) in [6.07, 6.45) is 0.871. The summed E-state index contributed by atoms with van der Waals surface area (Å²) in [5.74, 6) is -0.173. The molecule has 0 aliphatic heterocycles. The van der Waals surface area contributed by atoms with Crippen molar-refractivity contribution in [2.24, 2.45) is 0 Å². The predicted octanol–water partition coefficient (Wildman–Crippen LogP) is 3.47. The first kappa shape index (κ1) is 9.78. The van der Waals surface area contributed by atoms with E-state index in [0.717, 1.165) is 17.8 Å². The van der Waals surface area contributed by atoms with Crippen molar-refractivity contribution in [1.82, 2.24) is 0 Å². The van der Waals surface area contributed by atoms with Gasteiger partial charge >= 0.3 is 0 Å². The van der Waals surface area contributed by atoms with Crippen molar-refractivity contribution in [2.75, 3.05) is 5.32 Å². The second-order valence-corrected chi connectivity index (χ2v) is 3.05. The van der Waals surface area contributed by atoms with Crippen LogP contribution < -0.4 is 5.32 Å². The van der Waals surface area contributed by atoms with Crippen LogP contribution in [-0.2, 0) is 0 Å². The Morgan fingerprint density at radius 3 is 2.77 bits per heavy atom. The van der Waals surface area contributed by atoms with Crippen LogP contribution in [0.2, 0.25) is 0 Å². The van der Waals surface area contributed by atoms with Gasteiger partial charge in [-0.3, -0.25) is 0 Å². The van der Waals surface area contributed by atoms with E-state index < -0.39 is 0 Å². The summed E-state index contributed by atoms with van der Waals surface area (Å²) in [5, 5.41) is 3.10. The number of allylic oxidation sites excluding steroid dienone is 1. The molecule has 0 aromatic heterocycles. The maximum atomic E-state index is 12.9. The monoisotopic (exact) mass is 179 g/mol. The standard InChI is InChI=1S/C11H14FN/c1-4-9(3)13-10-5-6-11(12)8(2)7-10/h5-7,13H,3-4H2,1-2H3. The van der Waals surface area contributed by atoms with E-state index in [1.165, 1.54) is 6.07 Å². The summed E-state index contributed by atoms with van der Waals surface area (Å²) in [6, 6.07) is 4.94. The molecule has 13 heavy (non-hydrogen) atoms. The lowest BCUT2D eigenvalue weighted by atomic mass is 10.2. The van der Waals surface area contributed by atoms with Gasteiger partial charge in [0, 0.05) is 11.4 Å². The second-order valence-electron chi connectivity index (χ2n) is 3.05. The Kier molecular flexibility index (Phi) is 3.07. The average molecular weight is 179 g/mol. The highest BCUT2D eigenvalue weighted by Gasteiger charge is 1.98. The first-order valence-electron chi connectivity index (χ1n) is 4.34. The van der Waals surface area contributed by atoms with Crippen LogP contribution in [0.3, 0.4) is 0 Å². The molecule has 0 atom stereocenters. The van der Waals surface area contributed by atoms with Gasteiger partial charge < -0.3 is 5.32 Å². The van der Waals surface area contributed by atoms with Gasteiger partial charge in [0.25, 0.3) is 0 Å². The van der Waals surface area contributed by atoms with Crippen molar-refractivity contribution in [1.29, 1.82) is 0 Å². The molecule has 2 heteroatoms. The molecule has 1 N–H and O–H groups in total. The number of nitrogens with one attached hydrogen (secondary N) is 1. The summed E-state index contributed by atoms with van der Waals surface area (Å²) >= 11 is 0. The van der Waals surface area contributed by atoms with Gasteiger partial charge in [0.1, 0.15) is 5.82 Å². The topological polar surface area (TPSA) is 12.0 Å². The van der Waals surface area contributed by atoms with Crippen molar-refractivity contribution >= 4 is 5.69 Å². The fourth-order valence-corrected chi connectivity index (χ4v) is 1.01. The highest BCUT2D eigenvalue weighted by atomic mass is 19.1. The molecule has 0 saturated heterocycles. The van der Waals surface area contributed by atoms with E-state index in [4.69, 9.17) is 0 Å². The molecule has 0 aliphatic rings. The van der Waals surface area contributed by atoms with E-state index in [1.807, 2.05) is 6.92 Å². The number of aryl methyl sites for hydroxylation is 1. The SMILES string of the molecule is C=C(CC)Nc1ccc(F)c(C)c1. The number of benzene rings is 1. The number of halogens is 1. The molecule has 0 radical (unpaired) electrons. The quantitative estimate of drug-likeness (QED) is 0.749. The third-order valence-corrected chi connectivity index (χ3v) is 1.91. The van der Waals surface area contributed by atoms with Crippen LogP contribution in [0.25, 0.3) is 0 Å². The summed E-state index contributed by atoms with van der Waals surface area (Å²) in [7, 11) is 0. The first-order chi connectivity index (χ1) is 6.13. The third-order valence-electron chi connectivity index (χ3n) is 1.91. The number of anilines is 1. The number of hydrogen-bond acceptors (Lipinski definition) is 1. The third kappa shape index (κ3) is 2.58. The Bertz CT molecular complexity index is 318. The molecule has 0 aliphatic carbocycles. The van der Waals surface area contributed by atoms with E-state index in [1.54, 1.807) is 19.1 Å². The molecule has 0 spiro atoms. The van der Waals surface area contributed by atoms with Crippen LogP contribution in [0.4, 0.5) is 10.1 Å². The minimum Gasteiger partial charge on any atom is -0.359 e. The number of hydrogen-bond donors (Lipinski definition) is 1. The lowest BCUT2D eigenvalue weighted by Gasteiger charge is -2.08. The van der Waals surface area contributed by atoms with Gasteiger partial charge in [0.2, 0.25) is 0 Å². The maximum absolute atomic E-state index is 12.9. The van der Waals surface area contributed by atoms with E-state index >= 15 is 0 Å². The van der Waals surface area contributed by atoms with Crippen LogP contribution in [0, 0.1) is 12.7 Å². The van der Waals surface area contributed by atoms with Crippen molar-refractivity contribution in [3.63, 3.8) is 0 Å². The predicted molar refractivity (Wildman–Crippen MR) is 54.2 cm³/mol. The van der Waals surface area contributed by atoms with Gasteiger partial charge in [0.15, 0.2) is 0 Å². The van der Waals surface area contributed by atoms with E-state index in [2.05, 4.69) is 11.9 Å². The minimum absolute atomic E-state index is 0.173. The average Bonchev–Trinajstić information content (AvgIpc) is 2.11. The summed E-state index contributed by atoms with van der Waals surface area (Å²) in [6.45, 7) is 7.58. The lowest BCUT2D eigenvalue weighted by Crippen LogP contribution is -1.97. The maximum Gasteiger partial charge on any atom is 0.126 e. The largest absolute Gasteiger partial charge is 0.359 e. The fourth-order valence-electron chi connectivity index (χ4n) is 1.01. The Morgan fingerprint density at radius 2 is 2.23 bits per heavy atom. The minimum atomic E-state index is -0.173. The smallest absolute Gasteiger partial charge is 0.126 e. The number of rotatable bonds is 3. The van der Waals surface area contributed by atoms with Crippen LogP contribution in [0.1, 0.15) is 18.9 Å². The van der Waals surface area contributed by atoms with Gasteiger partial charge in [-0.05, 0) is 37.1 Å². The van der Waals surface area contributed by atoms with Crippen molar-refractivity contribution < 1.29 is 4.39 Å². The van der Waals surface area contributed by atoms with Crippen LogP contribution in [0.15, 0.2) is 30.5 Å². The second kappa shape index (κ2) is 4.08. The van der Waals surface area contributed by atoms with Crippen LogP contribution in [0.5, 0.6) is 0 Å². The Morgan fingerprint density at radius 1 is 1.54 bits per heavy atom. The normalized spacial score (nSPS) is 9.77. The van der Waals surface area contributed by atoms with Gasteiger partial charge in [0.05, 0.1) is 0 Å². The fraction of sp³-hybridized carbons (Fsp3) is 0.273. The zero-order valence-corrected chi connectivity index (χ0v) is 8.02. The van der Waals surface area contributed by atoms with Crippen molar-refractivity contribution in [2.45, 2.75) is 20.3 Å². The van der Waals surface area contributed by atoms with Crippen LogP contribution >= 0.6 is 0 Å². The molecule has 0 unspecified atom stereocenters. The zero-order chi connectivity index (χ0) is 9.84. The molecule has 1 rings (SSSR count). The molecule has 0 fully saturated rings. The van der Waals surface area contributed by atoms with Gasteiger partial charge in [-0.25, -0.2) is 4.39 Å². The molecule has 70 valence electrons. The highest BCUT2D eigenvalue weighted by Crippen LogP contribution is 2.15. The molecular weight excluding hydrogens is 165 g/mol. The molecule has 0 heterocycles. The van der Waals surface area contributed by atoms with E-state index in [9.17, 15) is 4.39 Å². The van der Waals surface area contributed by atoms with Gasteiger partial charge in [-0.1, -0.05) is 13.5 Å². The highest BCUT2D eigenvalue weighted by molar-refractivity contribution is 5.49. The Balaban J connectivity index is 2.79. The van der Waals surface area contributed by atoms with Gasteiger partial charge in [-0.2, -0.15) is 0 Å². The zero-order valence-electron chi connectivity index (χ0n) is 8.02. The first-order valence-corrected chi connectivity index (χ1v) is 4.34. The molecule has 1 aromatic rings. The molecule has 1 nitrogen and oxygen atoms in total. The summed E-state index contributed by atoms with van der Waals surface area (Å²) < 4.78 is 12.9. The van der Waals surface area contributed by atoms with Crippen LogP contribution in [-0.4, -0.2) is 0 Å². The van der Waals surface area contributed by atoms with E-state index in [-0.39, 0.29) is 5.82 Å². The summed E-state index contributed by atoms with van der Waals surface area (Å²) in [4.78, 5) is 0. The molecule has 0 saturated carbocycles. The van der Waals surface area contributed by atoms with Crippen molar-refractivity contribution in [3.8, 4) is 0 Å². The molecular formula is C11H14FN. The van der Waals surface area contributed by atoms with Gasteiger partial charge in [-0.15, -0.1) is 0 Å². The lowest BCUT2D eigenvalue weighted by molar-refractivity contribution is 0.619. The molecule has 0 amide bonds. The molecule has 1 aromatic carbocycles. The van der Waals surface area contributed by atoms with E-state index in [0.29, 0.717) is 5.56 Å². The summed E-state index contributed by atoms with van der Waals surface area (Å²) in [5.41, 5.74) is 2.48. The Hall–Kier alpha value is -1.31. The van der Waals surface area contributed by atoms with Crippen molar-refractivity contribution in [3.05, 3.63) is 41.9 Å². The molecule has 0 bridgehead atoms.